The van der Waals surface area contributed by atoms with Crippen molar-refractivity contribution in [3.63, 3.8) is 0 Å². The first-order chi connectivity index (χ1) is 11.3. The molecule has 0 heterocycles. The van der Waals surface area contributed by atoms with Gasteiger partial charge in [0, 0.05) is 17.3 Å². The number of primary sulfonamides is 1. The summed E-state index contributed by atoms with van der Waals surface area (Å²) in [7, 11) is -3.65. The molecule has 0 saturated carbocycles. The van der Waals surface area contributed by atoms with Crippen LogP contribution in [0.2, 0.25) is 5.02 Å². The fourth-order valence-electron chi connectivity index (χ4n) is 2.01. The quantitative estimate of drug-likeness (QED) is 0.691. The van der Waals surface area contributed by atoms with E-state index in [1.165, 1.54) is 12.1 Å². The van der Waals surface area contributed by atoms with Crippen molar-refractivity contribution in [1.29, 1.82) is 0 Å². The number of benzene rings is 2. The Morgan fingerprint density at radius 1 is 1.21 bits per heavy atom. The third kappa shape index (κ3) is 5.45. The molecule has 0 radical (unpaired) electrons. The largest absolute Gasteiger partial charge is 0.362 e. The van der Waals surface area contributed by atoms with Crippen molar-refractivity contribution in [2.75, 3.05) is 11.9 Å². The van der Waals surface area contributed by atoms with Crippen LogP contribution in [-0.2, 0) is 16.4 Å². The third-order valence-electron chi connectivity index (χ3n) is 3.38. The third-order valence-corrected chi connectivity index (χ3v) is 4.96. The fraction of sp³-hybridized carbons (Fsp3) is 0.188. The topological polar surface area (TPSA) is 84.2 Å². The molecule has 24 heavy (non-hydrogen) atoms. The Morgan fingerprint density at radius 2 is 1.88 bits per heavy atom. The molecule has 0 unspecified atom stereocenters. The number of hydrogen-bond acceptors (Lipinski definition) is 3. The number of anilines is 1. The van der Waals surface area contributed by atoms with Gasteiger partial charge in [-0.15, -0.1) is 0 Å². The van der Waals surface area contributed by atoms with E-state index in [9.17, 15) is 8.42 Å². The van der Waals surface area contributed by atoms with Crippen molar-refractivity contribution in [2.45, 2.75) is 18.2 Å². The van der Waals surface area contributed by atoms with E-state index >= 15 is 0 Å². The summed E-state index contributed by atoms with van der Waals surface area (Å²) in [5, 5.41) is 12.4. The monoisotopic (exact) mass is 383 g/mol. The van der Waals surface area contributed by atoms with E-state index in [4.69, 9.17) is 29.0 Å². The summed E-state index contributed by atoms with van der Waals surface area (Å²) in [5.74, 6) is 0. The highest BCUT2D eigenvalue weighted by Gasteiger charge is 2.06. The molecule has 2 aromatic rings. The Morgan fingerprint density at radius 3 is 2.46 bits per heavy atom. The minimum Gasteiger partial charge on any atom is -0.362 e. The maximum atomic E-state index is 11.2. The average molecular weight is 384 g/mol. The number of nitrogens with one attached hydrogen (secondary N) is 2. The van der Waals surface area contributed by atoms with Gasteiger partial charge in [-0.3, -0.25) is 0 Å². The van der Waals surface area contributed by atoms with Gasteiger partial charge in [0.1, 0.15) is 0 Å². The summed E-state index contributed by atoms with van der Waals surface area (Å²) < 4.78 is 22.4. The predicted molar refractivity (Wildman–Crippen MR) is 102 cm³/mol. The fourth-order valence-corrected chi connectivity index (χ4v) is 2.93. The van der Waals surface area contributed by atoms with Crippen LogP contribution >= 0.6 is 23.8 Å². The normalized spacial score (nSPS) is 11.1. The number of sulfonamides is 1. The second-order valence-corrected chi connectivity index (χ2v) is 7.66. The molecule has 0 aromatic heterocycles. The molecule has 2 aromatic carbocycles. The Bertz CT molecular complexity index is 837. The molecule has 0 saturated heterocycles. The highest BCUT2D eigenvalue weighted by Crippen LogP contribution is 2.19. The summed E-state index contributed by atoms with van der Waals surface area (Å²) in [6.07, 6.45) is 0.696. The predicted octanol–water partition coefficient (Wildman–Crippen LogP) is 2.82. The van der Waals surface area contributed by atoms with E-state index in [1.54, 1.807) is 12.1 Å². The second-order valence-electron chi connectivity index (χ2n) is 5.28. The molecule has 0 aliphatic rings. The van der Waals surface area contributed by atoms with E-state index < -0.39 is 10.0 Å². The minimum atomic E-state index is -3.65. The average Bonchev–Trinajstić information content (AvgIpc) is 2.50. The van der Waals surface area contributed by atoms with Crippen molar-refractivity contribution in [3.05, 3.63) is 58.6 Å². The molecule has 4 N–H and O–H groups in total. The van der Waals surface area contributed by atoms with Gasteiger partial charge in [-0.2, -0.15) is 0 Å². The minimum absolute atomic E-state index is 0.104. The Hall–Kier alpha value is -1.67. The van der Waals surface area contributed by atoms with Crippen LogP contribution in [0.1, 0.15) is 11.1 Å². The van der Waals surface area contributed by atoms with Gasteiger partial charge in [-0.05, 0) is 61.0 Å². The van der Waals surface area contributed by atoms with Crippen LogP contribution < -0.4 is 15.8 Å². The zero-order valence-electron chi connectivity index (χ0n) is 13.0. The standard InChI is InChI=1S/C16H18ClN3O2S2/c1-11-2-5-13(10-15(11)17)20-16(23)19-9-8-12-3-6-14(7-4-12)24(18,21)22/h2-7,10H,8-9H2,1H3,(H2,18,21,22)(H2,19,20,23). The van der Waals surface area contributed by atoms with Crippen LogP contribution in [0.15, 0.2) is 47.4 Å². The highest BCUT2D eigenvalue weighted by atomic mass is 35.5. The number of aryl methyl sites for hydroxylation is 1. The number of rotatable bonds is 5. The molecule has 0 spiro atoms. The lowest BCUT2D eigenvalue weighted by Crippen LogP contribution is -2.30. The Labute approximate surface area is 152 Å². The van der Waals surface area contributed by atoms with Gasteiger partial charge in [0.25, 0.3) is 0 Å². The van der Waals surface area contributed by atoms with E-state index in [-0.39, 0.29) is 4.90 Å². The van der Waals surface area contributed by atoms with Gasteiger partial charge in [0.15, 0.2) is 5.11 Å². The van der Waals surface area contributed by atoms with E-state index in [1.807, 2.05) is 25.1 Å². The highest BCUT2D eigenvalue weighted by molar-refractivity contribution is 7.89. The summed E-state index contributed by atoms with van der Waals surface area (Å²) >= 11 is 11.3. The van der Waals surface area contributed by atoms with Crippen molar-refractivity contribution >= 4 is 44.6 Å². The molecular weight excluding hydrogens is 366 g/mol. The molecule has 0 amide bonds. The van der Waals surface area contributed by atoms with E-state index in [0.29, 0.717) is 23.1 Å². The molecule has 128 valence electrons. The van der Waals surface area contributed by atoms with Crippen LogP contribution in [0.25, 0.3) is 0 Å². The Balaban J connectivity index is 1.83. The van der Waals surface area contributed by atoms with Crippen LogP contribution in [-0.4, -0.2) is 20.1 Å². The maximum Gasteiger partial charge on any atom is 0.238 e. The first-order valence-electron chi connectivity index (χ1n) is 7.18. The van der Waals surface area contributed by atoms with Crippen molar-refractivity contribution in [3.8, 4) is 0 Å². The molecular formula is C16H18ClN3O2S2. The van der Waals surface area contributed by atoms with Gasteiger partial charge in [-0.25, -0.2) is 13.6 Å². The summed E-state index contributed by atoms with van der Waals surface area (Å²) in [4.78, 5) is 0.104. The molecule has 2 rings (SSSR count). The molecule has 8 heteroatoms. The first-order valence-corrected chi connectivity index (χ1v) is 9.52. The lowest BCUT2D eigenvalue weighted by molar-refractivity contribution is 0.598. The number of hydrogen-bond donors (Lipinski definition) is 3. The molecule has 5 nitrogen and oxygen atoms in total. The van der Waals surface area contributed by atoms with Crippen LogP contribution in [0.4, 0.5) is 5.69 Å². The zero-order valence-corrected chi connectivity index (χ0v) is 15.4. The van der Waals surface area contributed by atoms with Crippen molar-refractivity contribution in [1.82, 2.24) is 5.32 Å². The smallest absolute Gasteiger partial charge is 0.238 e. The molecule has 0 aliphatic carbocycles. The van der Waals surface area contributed by atoms with Crippen LogP contribution in [0.3, 0.4) is 0 Å². The van der Waals surface area contributed by atoms with Gasteiger partial charge in [0.2, 0.25) is 10.0 Å². The zero-order chi connectivity index (χ0) is 17.7. The Kier molecular flexibility index (Phi) is 6.17. The summed E-state index contributed by atoms with van der Waals surface area (Å²) in [6, 6.07) is 12.1. The van der Waals surface area contributed by atoms with Gasteiger partial charge >= 0.3 is 0 Å². The number of halogens is 1. The summed E-state index contributed by atoms with van der Waals surface area (Å²) in [6.45, 7) is 2.55. The van der Waals surface area contributed by atoms with Gasteiger partial charge < -0.3 is 10.6 Å². The van der Waals surface area contributed by atoms with Crippen molar-refractivity contribution < 1.29 is 8.42 Å². The lowest BCUT2D eigenvalue weighted by atomic mass is 10.1. The molecule has 0 fully saturated rings. The molecule has 0 atom stereocenters. The van der Waals surface area contributed by atoms with E-state index in [2.05, 4.69) is 10.6 Å². The first kappa shape index (κ1) is 18.7. The second kappa shape index (κ2) is 7.94. The number of thiocarbonyl (C=S) groups is 1. The van der Waals surface area contributed by atoms with Gasteiger partial charge in [-0.1, -0.05) is 29.8 Å². The number of nitrogens with two attached hydrogens (primary N) is 1. The van der Waals surface area contributed by atoms with Gasteiger partial charge in [0.05, 0.1) is 4.90 Å². The summed E-state index contributed by atoms with van der Waals surface area (Å²) in [5.41, 5.74) is 2.81. The molecule has 0 aliphatic heterocycles. The van der Waals surface area contributed by atoms with Crippen LogP contribution in [0.5, 0.6) is 0 Å². The SMILES string of the molecule is Cc1ccc(NC(=S)NCCc2ccc(S(N)(=O)=O)cc2)cc1Cl. The van der Waals surface area contributed by atoms with E-state index in [0.717, 1.165) is 16.8 Å². The molecule has 0 bridgehead atoms. The maximum absolute atomic E-state index is 11.2. The van der Waals surface area contributed by atoms with Crippen LogP contribution in [0, 0.1) is 6.92 Å². The lowest BCUT2D eigenvalue weighted by Gasteiger charge is -2.11. The van der Waals surface area contributed by atoms with Crippen molar-refractivity contribution in [2.24, 2.45) is 5.14 Å².